The number of hydrogen-bond donors (Lipinski definition) is 2. The highest BCUT2D eigenvalue weighted by molar-refractivity contribution is 7.89. The standard InChI is InChI=1S/C12H18ClN3O2S/c1-8(9-4-2-3-5-9)16-19(17,18)10-6-11(13)12(14)15-7-10/h6-9,16H,2-5H2,1H3,(H2,14,15). The summed E-state index contributed by atoms with van der Waals surface area (Å²) in [5.74, 6) is 0.538. The molecule has 1 saturated carbocycles. The molecule has 7 heteroatoms. The Morgan fingerprint density at radius 2 is 2.11 bits per heavy atom. The van der Waals surface area contributed by atoms with Gasteiger partial charge in [0, 0.05) is 12.2 Å². The number of sulfonamides is 1. The molecule has 0 aromatic carbocycles. The van der Waals surface area contributed by atoms with Crippen molar-refractivity contribution in [2.24, 2.45) is 5.92 Å². The molecule has 1 atom stereocenters. The lowest BCUT2D eigenvalue weighted by atomic mass is 10.0. The zero-order valence-corrected chi connectivity index (χ0v) is 12.3. The predicted molar refractivity (Wildman–Crippen MR) is 75.4 cm³/mol. The van der Waals surface area contributed by atoms with Crippen LogP contribution in [0.5, 0.6) is 0 Å². The van der Waals surface area contributed by atoms with Gasteiger partial charge in [-0.3, -0.25) is 0 Å². The maximum absolute atomic E-state index is 12.2. The van der Waals surface area contributed by atoms with E-state index >= 15 is 0 Å². The summed E-state index contributed by atoms with van der Waals surface area (Å²) in [6, 6.07) is 1.25. The van der Waals surface area contributed by atoms with E-state index in [0.29, 0.717) is 5.92 Å². The van der Waals surface area contributed by atoms with E-state index in [1.54, 1.807) is 0 Å². The summed E-state index contributed by atoms with van der Waals surface area (Å²) < 4.78 is 27.1. The van der Waals surface area contributed by atoms with Gasteiger partial charge in [0.25, 0.3) is 0 Å². The summed E-state index contributed by atoms with van der Waals surface area (Å²) in [6.07, 6.45) is 5.72. The van der Waals surface area contributed by atoms with Gasteiger partial charge < -0.3 is 5.73 Å². The maximum atomic E-state index is 12.2. The number of nitrogens with one attached hydrogen (secondary N) is 1. The van der Waals surface area contributed by atoms with Gasteiger partial charge in [0.2, 0.25) is 10.0 Å². The molecule has 1 fully saturated rings. The van der Waals surface area contributed by atoms with Gasteiger partial charge in [0.15, 0.2) is 0 Å². The van der Waals surface area contributed by atoms with Crippen LogP contribution in [0.1, 0.15) is 32.6 Å². The zero-order chi connectivity index (χ0) is 14.0. The van der Waals surface area contributed by atoms with E-state index in [-0.39, 0.29) is 21.8 Å². The van der Waals surface area contributed by atoms with Gasteiger partial charge >= 0.3 is 0 Å². The second kappa shape index (κ2) is 5.64. The van der Waals surface area contributed by atoms with Crippen molar-refractivity contribution in [3.63, 3.8) is 0 Å². The summed E-state index contributed by atoms with van der Waals surface area (Å²) in [5.41, 5.74) is 5.47. The van der Waals surface area contributed by atoms with E-state index in [1.807, 2.05) is 6.92 Å². The van der Waals surface area contributed by atoms with Crippen LogP contribution < -0.4 is 10.5 Å². The minimum absolute atomic E-state index is 0.0524. The molecular formula is C12H18ClN3O2S. The summed E-state index contributed by atoms with van der Waals surface area (Å²) in [7, 11) is -3.59. The minimum atomic E-state index is -3.59. The second-order valence-corrected chi connectivity index (χ2v) is 7.11. The smallest absolute Gasteiger partial charge is 0.242 e. The van der Waals surface area contributed by atoms with Crippen LogP contribution in [-0.2, 0) is 10.0 Å². The molecule has 0 spiro atoms. The number of nitrogens with two attached hydrogens (primary N) is 1. The predicted octanol–water partition coefficient (Wildman–Crippen LogP) is 2.17. The molecule has 2 rings (SSSR count). The quantitative estimate of drug-likeness (QED) is 0.892. The van der Waals surface area contributed by atoms with E-state index in [0.717, 1.165) is 12.8 Å². The Morgan fingerprint density at radius 1 is 1.47 bits per heavy atom. The molecular weight excluding hydrogens is 286 g/mol. The molecule has 19 heavy (non-hydrogen) atoms. The molecule has 1 aromatic rings. The molecule has 0 amide bonds. The van der Waals surface area contributed by atoms with Crippen molar-refractivity contribution >= 4 is 27.4 Å². The molecule has 0 bridgehead atoms. The molecule has 1 aliphatic rings. The Balaban J connectivity index is 2.15. The molecule has 3 N–H and O–H groups in total. The van der Waals surface area contributed by atoms with E-state index in [4.69, 9.17) is 17.3 Å². The number of nitrogens with zero attached hydrogens (tertiary/aromatic N) is 1. The van der Waals surface area contributed by atoms with Crippen molar-refractivity contribution in [1.82, 2.24) is 9.71 Å². The Labute approximate surface area is 118 Å². The molecule has 106 valence electrons. The summed E-state index contributed by atoms with van der Waals surface area (Å²) >= 11 is 5.80. The van der Waals surface area contributed by atoms with Crippen LogP contribution in [0.2, 0.25) is 5.02 Å². The van der Waals surface area contributed by atoms with Crippen LogP contribution >= 0.6 is 11.6 Å². The molecule has 0 aliphatic heterocycles. The molecule has 0 radical (unpaired) electrons. The highest BCUT2D eigenvalue weighted by Crippen LogP contribution is 2.28. The highest BCUT2D eigenvalue weighted by Gasteiger charge is 2.26. The van der Waals surface area contributed by atoms with E-state index in [2.05, 4.69) is 9.71 Å². The Bertz CT molecular complexity index is 556. The van der Waals surface area contributed by atoms with Crippen LogP contribution in [0.25, 0.3) is 0 Å². The minimum Gasteiger partial charge on any atom is -0.382 e. The van der Waals surface area contributed by atoms with E-state index in [9.17, 15) is 8.42 Å². The first-order valence-corrected chi connectivity index (χ1v) is 8.19. The average molecular weight is 304 g/mol. The summed E-state index contributed by atoms with van der Waals surface area (Å²) in [5, 5.41) is 0.149. The second-order valence-electron chi connectivity index (χ2n) is 4.99. The van der Waals surface area contributed by atoms with Crippen LogP contribution in [-0.4, -0.2) is 19.4 Å². The first kappa shape index (κ1) is 14.6. The molecule has 0 saturated heterocycles. The maximum Gasteiger partial charge on any atom is 0.242 e. The third-order valence-electron chi connectivity index (χ3n) is 3.60. The van der Waals surface area contributed by atoms with Crippen molar-refractivity contribution < 1.29 is 8.42 Å². The van der Waals surface area contributed by atoms with Crippen molar-refractivity contribution in [2.45, 2.75) is 43.5 Å². The van der Waals surface area contributed by atoms with Crippen molar-refractivity contribution in [3.8, 4) is 0 Å². The monoisotopic (exact) mass is 303 g/mol. The molecule has 1 heterocycles. The van der Waals surface area contributed by atoms with Crippen molar-refractivity contribution in [1.29, 1.82) is 0 Å². The SMILES string of the molecule is CC(NS(=O)(=O)c1cnc(N)c(Cl)c1)C1CCCC1. The van der Waals surface area contributed by atoms with Crippen molar-refractivity contribution in [2.75, 3.05) is 5.73 Å². The number of pyridine rings is 1. The number of halogens is 1. The van der Waals surface area contributed by atoms with Crippen LogP contribution in [0, 0.1) is 5.92 Å². The lowest BCUT2D eigenvalue weighted by Crippen LogP contribution is -2.37. The van der Waals surface area contributed by atoms with Gasteiger partial charge in [0.05, 0.1) is 5.02 Å². The van der Waals surface area contributed by atoms with Crippen LogP contribution in [0.3, 0.4) is 0 Å². The molecule has 1 unspecified atom stereocenters. The lowest BCUT2D eigenvalue weighted by molar-refractivity contribution is 0.424. The van der Waals surface area contributed by atoms with Crippen LogP contribution in [0.15, 0.2) is 17.2 Å². The Morgan fingerprint density at radius 3 is 2.68 bits per heavy atom. The number of rotatable bonds is 4. The van der Waals surface area contributed by atoms with E-state index < -0.39 is 10.0 Å². The number of aromatic nitrogens is 1. The third-order valence-corrected chi connectivity index (χ3v) is 5.43. The lowest BCUT2D eigenvalue weighted by Gasteiger charge is -2.20. The van der Waals surface area contributed by atoms with Gasteiger partial charge in [-0.15, -0.1) is 0 Å². The number of nitrogen functional groups attached to an aromatic ring is 1. The van der Waals surface area contributed by atoms with Gasteiger partial charge in [-0.2, -0.15) is 0 Å². The number of anilines is 1. The summed E-state index contributed by atoms with van der Waals surface area (Å²) in [4.78, 5) is 3.83. The van der Waals surface area contributed by atoms with Gasteiger partial charge in [-0.05, 0) is 31.7 Å². The molecule has 1 aromatic heterocycles. The van der Waals surface area contributed by atoms with Gasteiger partial charge in [0.1, 0.15) is 10.7 Å². The zero-order valence-electron chi connectivity index (χ0n) is 10.8. The topological polar surface area (TPSA) is 85.1 Å². The normalized spacial score (nSPS) is 18.6. The summed E-state index contributed by atoms with van der Waals surface area (Å²) in [6.45, 7) is 1.90. The van der Waals surface area contributed by atoms with Gasteiger partial charge in [-0.25, -0.2) is 18.1 Å². The van der Waals surface area contributed by atoms with Crippen LogP contribution in [0.4, 0.5) is 5.82 Å². The molecule has 1 aliphatic carbocycles. The van der Waals surface area contributed by atoms with Crippen molar-refractivity contribution in [3.05, 3.63) is 17.3 Å². The highest BCUT2D eigenvalue weighted by atomic mass is 35.5. The fourth-order valence-corrected chi connectivity index (χ4v) is 3.96. The Hall–Kier alpha value is -0.850. The first-order valence-electron chi connectivity index (χ1n) is 6.33. The Kier molecular flexibility index (Phi) is 4.32. The fourth-order valence-electron chi connectivity index (χ4n) is 2.44. The number of hydrogen-bond acceptors (Lipinski definition) is 4. The van der Waals surface area contributed by atoms with Gasteiger partial charge in [-0.1, -0.05) is 24.4 Å². The first-order chi connectivity index (χ1) is 8.90. The third kappa shape index (κ3) is 3.38. The largest absolute Gasteiger partial charge is 0.382 e. The average Bonchev–Trinajstić information content (AvgIpc) is 2.85. The molecule has 5 nitrogen and oxygen atoms in total. The fraction of sp³-hybridized carbons (Fsp3) is 0.583. The van der Waals surface area contributed by atoms with E-state index in [1.165, 1.54) is 25.1 Å².